The number of carbonyl (C=O) groups is 2. The molecule has 0 aliphatic rings. The molecular weight excluding hydrogens is 380 g/mol. The van der Waals surface area contributed by atoms with Crippen molar-refractivity contribution >= 4 is 29.2 Å². The van der Waals surface area contributed by atoms with Crippen molar-refractivity contribution in [2.75, 3.05) is 5.32 Å². The Hall–Kier alpha value is -3.12. The Labute approximate surface area is 167 Å². The highest BCUT2D eigenvalue weighted by Gasteiger charge is 2.23. The van der Waals surface area contributed by atoms with E-state index in [1.807, 2.05) is 6.07 Å². The van der Waals surface area contributed by atoms with E-state index in [0.717, 1.165) is 0 Å². The molecule has 0 fully saturated rings. The Bertz CT molecular complexity index is 1010. The second-order valence-electron chi connectivity index (χ2n) is 6.43. The zero-order valence-corrected chi connectivity index (χ0v) is 16.4. The van der Waals surface area contributed by atoms with Gasteiger partial charge in [0, 0.05) is 11.3 Å². The zero-order chi connectivity index (χ0) is 20.3. The smallest absolute Gasteiger partial charge is 0.338 e. The molecule has 144 valence electrons. The van der Waals surface area contributed by atoms with Crippen LogP contribution >= 0.6 is 11.6 Å². The summed E-state index contributed by atoms with van der Waals surface area (Å²) < 4.78 is 10.4. The van der Waals surface area contributed by atoms with Gasteiger partial charge in [-0.2, -0.15) is 0 Å². The summed E-state index contributed by atoms with van der Waals surface area (Å²) in [5.74, 6) is -0.417. The summed E-state index contributed by atoms with van der Waals surface area (Å²) in [6.45, 7) is 5.22. The van der Waals surface area contributed by atoms with E-state index in [-0.39, 0.29) is 12.0 Å². The minimum atomic E-state index is -0.413. The average Bonchev–Trinajstić information content (AvgIpc) is 3.03. The third-order valence-corrected chi connectivity index (χ3v) is 4.27. The topological polar surface area (TPSA) is 81.4 Å². The summed E-state index contributed by atoms with van der Waals surface area (Å²) in [5.41, 5.74) is 2.22. The largest absolute Gasteiger partial charge is 0.459 e. The molecule has 0 unspecified atom stereocenters. The molecule has 7 heteroatoms. The molecule has 1 amide bonds. The second-order valence-corrected chi connectivity index (χ2v) is 6.83. The molecule has 3 aromatic rings. The summed E-state index contributed by atoms with van der Waals surface area (Å²) in [4.78, 5) is 24.7. The molecule has 1 N–H and O–H groups in total. The van der Waals surface area contributed by atoms with Gasteiger partial charge in [0.2, 0.25) is 0 Å². The van der Waals surface area contributed by atoms with E-state index >= 15 is 0 Å². The maximum absolute atomic E-state index is 12.8. The standard InChI is InChI=1S/C21H19ClN2O4/c1-12(2)27-21(26)14-8-10-15(11-9-14)23-20(25)18-13(3)28-24-19(18)16-6-4-5-7-17(16)22/h4-12H,1-3H3,(H,23,25). The highest BCUT2D eigenvalue weighted by Crippen LogP contribution is 2.31. The molecule has 28 heavy (non-hydrogen) atoms. The fraction of sp³-hybridized carbons (Fsp3) is 0.190. The van der Waals surface area contributed by atoms with Gasteiger partial charge in [0.05, 0.1) is 16.7 Å². The number of nitrogens with one attached hydrogen (secondary N) is 1. The van der Waals surface area contributed by atoms with E-state index in [4.69, 9.17) is 20.9 Å². The molecule has 0 saturated heterocycles. The van der Waals surface area contributed by atoms with Crippen molar-refractivity contribution in [2.45, 2.75) is 26.9 Å². The van der Waals surface area contributed by atoms with Gasteiger partial charge in [0.1, 0.15) is 17.0 Å². The van der Waals surface area contributed by atoms with Crippen LogP contribution < -0.4 is 5.32 Å². The van der Waals surface area contributed by atoms with E-state index < -0.39 is 5.97 Å². The van der Waals surface area contributed by atoms with Gasteiger partial charge >= 0.3 is 5.97 Å². The molecule has 6 nitrogen and oxygen atoms in total. The van der Waals surface area contributed by atoms with Crippen LogP contribution in [0.5, 0.6) is 0 Å². The van der Waals surface area contributed by atoms with E-state index in [9.17, 15) is 9.59 Å². The van der Waals surface area contributed by atoms with Crippen LogP contribution in [-0.2, 0) is 4.74 Å². The molecule has 3 rings (SSSR count). The van der Waals surface area contributed by atoms with Gasteiger partial charge in [-0.25, -0.2) is 4.79 Å². The summed E-state index contributed by atoms with van der Waals surface area (Å²) in [5, 5.41) is 7.25. The maximum Gasteiger partial charge on any atom is 0.338 e. The van der Waals surface area contributed by atoms with E-state index in [0.29, 0.717) is 38.9 Å². The van der Waals surface area contributed by atoms with E-state index in [2.05, 4.69) is 10.5 Å². The number of hydrogen-bond acceptors (Lipinski definition) is 5. The molecule has 0 aliphatic carbocycles. The number of aromatic nitrogens is 1. The third-order valence-electron chi connectivity index (χ3n) is 3.94. The average molecular weight is 399 g/mol. The van der Waals surface area contributed by atoms with Crippen molar-refractivity contribution in [1.82, 2.24) is 5.16 Å². The zero-order valence-electron chi connectivity index (χ0n) is 15.7. The second kappa shape index (κ2) is 8.27. The van der Waals surface area contributed by atoms with Gasteiger partial charge in [0.25, 0.3) is 5.91 Å². The lowest BCUT2D eigenvalue weighted by atomic mass is 10.1. The van der Waals surface area contributed by atoms with E-state index in [1.54, 1.807) is 63.2 Å². The molecule has 0 bridgehead atoms. The highest BCUT2D eigenvalue weighted by atomic mass is 35.5. The van der Waals surface area contributed by atoms with Crippen molar-refractivity contribution in [1.29, 1.82) is 0 Å². The molecule has 0 spiro atoms. The molecule has 0 aliphatic heterocycles. The maximum atomic E-state index is 12.8. The van der Waals surface area contributed by atoms with Crippen molar-refractivity contribution in [2.24, 2.45) is 0 Å². The molecule has 0 radical (unpaired) electrons. The molecule has 0 saturated carbocycles. The first kappa shape index (κ1) is 19.6. The quantitative estimate of drug-likeness (QED) is 0.603. The number of hydrogen-bond donors (Lipinski definition) is 1. The molecule has 2 aromatic carbocycles. The Balaban J connectivity index is 1.82. The molecule has 1 aromatic heterocycles. The molecular formula is C21H19ClN2O4. The number of halogens is 1. The van der Waals surface area contributed by atoms with Gasteiger partial charge in [-0.1, -0.05) is 35.0 Å². The third kappa shape index (κ3) is 4.23. The van der Waals surface area contributed by atoms with Gasteiger partial charge < -0.3 is 14.6 Å². The van der Waals surface area contributed by atoms with Crippen LogP contribution in [0.25, 0.3) is 11.3 Å². The summed E-state index contributed by atoms with van der Waals surface area (Å²) >= 11 is 6.23. The first-order chi connectivity index (χ1) is 13.4. The predicted octanol–water partition coefficient (Wildman–Crippen LogP) is 5.12. The number of benzene rings is 2. The summed E-state index contributed by atoms with van der Waals surface area (Å²) in [7, 11) is 0. The molecule has 0 atom stereocenters. The number of aryl methyl sites for hydroxylation is 1. The Kier molecular flexibility index (Phi) is 5.80. The van der Waals surface area contributed by atoms with Gasteiger partial charge in [-0.15, -0.1) is 0 Å². The Morgan fingerprint density at radius 1 is 1.11 bits per heavy atom. The molecule has 1 heterocycles. The first-order valence-corrected chi connectivity index (χ1v) is 9.08. The van der Waals surface area contributed by atoms with E-state index in [1.165, 1.54) is 0 Å². The van der Waals surface area contributed by atoms with Crippen molar-refractivity contribution in [3.63, 3.8) is 0 Å². The number of esters is 1. The summed E-state index contributed by atoms with van der Waals surface area (Å²) in [6, 6.07) is 13.5. The van der Waals surface area contributed by atoms with Crippen LogP contribution in [0.3, 0.4) is 0 Å². The Morgan fingerprint density at radius 2 is 1.79 bits per heavy atom. The number of carbonyl (C=O) groups excluding carboxylic acids is 2. The number of rotatable bonds is 5. The first-order valence-electron chi connectivity index (χ1n) is 8.70. The van der Waals surface area contributed by atoms with Crippen LogP contribution in [0, 0.1) is 6.92 Å². The van der Waals surface area contributed by atoms with Crippen LogP contribution in [0.15, 0.2) is 53.1 Å². The minimum absolute atomic E-state index is 0.202. The number of amides is 1. The van der Waals surface area contributed by atoms with Crippen LogP contribution in [0.1, 0.15) is 40.3 Å². The fourth-order valence-electron chi connectivity index (χ4n) is 2.64. The number of ether oxygens (including phenoxy) is 1. The lowest BCUT2D eigenvalue weighted by Crippen LogP contribution is -2.14. The summed E-state index contributed by atoms with van der Waals surface area (Å²) in [6.07, 6.45) is -0.202. The Morgan fingerprint density at radius 3 is 2.43 bits per heavy atom. The minimum Gasteiger partial charge on any atom is -0.459 e. The lowest BCUT2D eigenvalue weighted by Gasteiger charge is -2.09. The lowest BCUT2D eigenvalue weighted by molar-refractivity contribution is 0.0378. The van der Waals surface area contributed by atoms with Gasteiger partial charge in [0.15, 0.2) is 0 Å². The van der Waals surface area contributed by atoms with Crippen molar-refractivity contribution in [3.05, 3.63) is 70.4 Å². The normalized spacial score (nSPS) is 10.8. The van der Waals surface area contributed by atoms with Crippen molar-refractivity contribution < 1.29 is 18.8 Å². The number of nitrogens with zero attached hydrogens (tertiary/aromatic N) is 1. The predicted molar refractivity (Wildman–Crippen MR) is 107 cm³/mol. The van der Waals surface area contributed by atoms with Crippen molar-refractivity contribution in [3.8, 4) is 11.3 Å². The SMILES string of the molecule is Cc1onc(-c2ccccc2Cl)c1C(=O)Nc1ccc(C(=O)OC(C)C)cc1. The fourth-order valence-corrected chi connectivity index (χ4v) is 2.87. The van der Waals surface area contributed by atoms with Crippen LogP contribution in [0.4, 0.5) is 5.69 Å². The van der Waals surface area contributed by atoms with Gasteiger partial charge in [-0.05, 0) is 51.1 Å². The monoisotopic (exact) mass is 398 g/mol. The van der Waals surface area contributed by atoms with Gasteiger partial charge in [-0.3, -0.25) is 4.79 Å². The van der Waals surface area contributed by atoms with Crippen LogP contribution in [-0.4, -0.2) is 23.1 Å². The highest BCUT2D eigenvalue weighted by molar-refractivity contribution is 6.33. The number of anilines is 1. The van der Waals surface area contributed by atoms with Crippen LogP contribution in [0.2, 0.25) is 5.02 Å².